The normalized spacial score (nSPS) is 21.1. The number of rotatable bonds is 3. The molecular formula is C22H24N2O2. The van der Waals surface area contributed by atoms with E-state index in [0.717, 1.165) is 24.2 Å². The van der Waals surface area contributed by atoms with E-state index in [4.69, 9.17) is 0 Å². The van der Waals surface area contributed by atoms with E-state index in [1.54, 1.807) is 0 Å². The highest BCUT2D eigenvalue weighted by atomic mass is 16.2. The molecule has 2 aromatic carbocycles. The summed E-state index contributed by atoms with van der Waals surface area (Å²) >= 11 is 0. The molecule has 134 valence electrons. The molecule has 0 spiro atoms. The quantitative estimate of drug-likeness (QED) is 0.923. The standard InChI is InChI=1S/C22H24N2O2/c1-14-7-8-18(11-15(14)2)23-21(25)19-12-20(19)22(26)24-10-9-16-5-3-4-6-17(16)13-24/h3-8,11,19-20H,9-10,12-13H2,1-2H3,(H,23,25). The first-order valence-corrected chi connectivity index (χ1v) is 9.26. The Labute approximate surface area is 154 Å². The van der Waals surface area contributed by atoms with E-state index in [2.05, 4.69) is 17.4 Å². The van der Waals surface area contributed by atoms with E-state index >= 15 is 0 Å². The molecule has 1 aliphatic heterocycles. The maximum atomic E-state index is 12.8. The van der Waals surface area contributed by atoms with Crippen LogP contribution in [0.25, 0.3) is 0 Å². The summed E-state index contributed by atoms with van der Waals surface area (Å²) in [6.07, 6.45) is 1.56. The Morgan fingerprint density at radius 3 is 2.54 bits per heavy atom. The molecule has 4 rings (SSSR count). The first kappa shape index (κ1) is 16.8. The fourth-order valence-electron chi connectivity index (χ4n) is 3.73. The van der Waals surface area contributed by atoms with Gasteiger partial charge in [-0.2, -0.15) is 0 Å². The summed E-state index contributed by atoms with van der Waals surface area (Å²) in [7, 11) is 0. The van der Waals surface area contributed by atoms with Gasteiger partial charge in [0.2, 0.25) is 11.8 Å². The number of nitrogens with zero attached hydrogens (tertiary/aromatic N) is 1. The van der Waals surface area contributed by atoms with Crippen LogP contribution in [0.15, 0.2) is 42.5 Å². The third-order valence-corrected chi connectivity index (χ3v) is 5.66. The minimum atomic E-state index is -0.193. The van der Waals surface area contributed by atoms with E-state index in [1.807, 2.05) is 49.1 Å². The second kappa shape index (κ2) is 6.60. The highest BCUT2D eigenvalue weighted by molar-refractivity contribution is 5.99. The number of nitrogens with one attached hydrogen (secondary N) is 1. The molecule has 0 aromatic heterocycles. The molecule has 1 N–H and O–H groups in total. The summed E-state index contributed by atoms with van der Waals surface area (Å²) in [5, 5.41) is 2.97. The molecule has 0 bridgehead atoms. The Balaban J connectivity index is 1.36. The molecule has 1 saturated carbocycles. The van der Waals surface area contributed by atoms with Crippen LogP contribution in [0, 0.1) is 25.7 Å². The third kappa shape index (κ3) is 3.24. The molecule has 2 aliphatic rings. The van der Waals surface area contributed by atoms with Crippen molar-refractivity contribution < 1.29 is 9.59 Å². The van der Waals surface area contributed by atoms with E-state index in [-0.39, 0.29) is 23.7 Å². The van der Waals surface area contributed by atoms with Crippen LogP contribution in [-0.4, -0.2) is 23.3 Å². The topological polar surface area (TPSA) is 49.4 Å². The fraction of sp³-hybridized carbons (Fsp3) is 0.364. The number of benzene rings is 2. The Bertz CT molecular complexity index is 874. The van der Waals surface area contributed by atoms with Gasteiger partial charge in [-0.3, -0.25) is 9.59 Å². The number of hydrogen-bond donors (Lipinski definition) is 1. The Morgan fingerprint density at radius 1 is 1.00 bits per heavy atom. The summed E-state index contributed by atoms with van der Waals surface area (Å²) in [6.45, 7) is 5.49. The second-order valence-corrected chi connectivity index (χ2v) is 7.52. The minimum Gasteiger partial charge on any atom is -0.338 e. The Morgan fingerprint density at radius 2 is 1.77 bits per heavy atom. The minimum absolute atomic E-state index is 0.0380. The lowest BCUT2D eigenvalue weighted by atomic mass is 9.99. The van der Waals surface area contributed by atoms with Gasteiger partial charge in [0.05, 0.1) is 11.8 Å². The fourth-order valence-corrected chi connectivity index (χ4v) is 3.73. The number of anilines is 1. The summed E-state index contributed by atoms with van der Waals surface area (Å²) in [4.78, 5) is 27.2. The first-order valence-electron chi connectivity index (χ1n) is 9.26. The van der Waals surface area contributed by atoms with Gasteiger partial charge in [0.15, 0.2) is 0 Å². The van der Waals surface area contributed by atoms with Gasteiger partial charge >= 0.3 is 0 Å². The molecule has 1 heterocycles. The largest absolute Gasteiger partial charge is 0.338 e. The van der Waals surface area contributed by atoms with Crippen molar-refractivity contribution in [2.75, 3.05) is 11.9 Å². The molecule has 2 unspecified atom stereocenters. The van der Waals surface area contributed by atoms with Gasteiger partial charge in [-0.15, -0.1) is 0 Å². The van der Waals surface area contributed by atoms with Crippen LogP contribution >= 0.6 is 0 Å². The molecule has 1 aliphatic carbocycles. The van der Waals surface area contributed by atoms with Crippen molar-refractivity contribution in [2.24, 2.45) is 11.8 Å². The molecule has 2 amide bonds. The molecular weight excluding hydrogens is 324 g/mol. The lowest BCUT2D eigenvalue weighted by Crippen LogP contribution is -2.37. The van der Waals surface area contributed by atoms with Crippen molar-refractivity contribution in [2.45, 2.75) is 33.2 Å². The smallest absolute Gasteiger partial charge is 0.228 e. The van der Waals surface area contributed by atoms with Crippen molar-refractivity contribution in [3.63, 3.8) is 0 Å². The number of aryl methyl sites for hydroxylation is 2. The first-order chi connectivity index (χ1) is 12.5. The van der Waals surface area contributed by atoms with E-state index < -0.39 is 0 Å². The maximum Gasteiger partial charge on any atom is 0.228 e. The third-order valence-electron chi connectivity index (χ3n) is 5.66. The molecule has 2 atom stereocenters. The predicted octanol–water partition coefficient (Wildman–Crippen LogP) is 3.46. The number of carbonyl (C=O) groups is 2. The lowest BCUT2D eigenvalue weighted by Gasteiger charge is -2.29. The molecule has 2 aromatic rings. The number of amides is 2. The molecule has 4 nitrogen and oxygen atoms in total. The van der Waals surface area contributed by atoms with Gasteiger partial charge < -0.3 is 10.2 Å². The van der Waals surface area contributed by atoms with Crippen molar-refractivity contribution in [3.8, 4) is 0 Å². The van der Waals surface area contributed by atoms with Crippen LogP contribution in [0.2, 0.25) is 0 Å². The molecule has 0 saturated heterocycles. The SMILES string of the molecule is Cc1ccc(NC(=O)C2CC2C(=O)N2CCc3ccccc3C2)cc1C. The van der Waals surface area contributed by atoms with Gasteiger partial charge in [-0.1, -0.05) is 30.3 Å². The van der Waals surface area contributed by atoms with Gasteiger partial charge in [-0.25, -0.2) is 0 Å². The zero-order valence-corrected chi connectivity index (χ0v) is 15.3. The van der Waals surface area contributed by atoms with Crippen LogP contribution in [0.5, 0.6) is 0 Å². The second-order valence-electron chi connectivity index (χ2n) is 7.52. The van der Waals surface area contributed by atoms with Crippen LogP contribution in [0.3, 0.4) is 0 Å². The summed E-state index contributed by atoms with van der Waals surface area (Å²) in [5.41, 5.74) is 5.72. The van der Waals surface area contributed by atoms with Gasteiger partial charge in [0, 0.05) is 18.8 Å². The summed E-state index contributed by atoms with van der Waals surface area (Å²) < 4.78 is 0. The van der Waals surface area contributed by atoms with Crippen molar-refractivity contribution in [1.29, 1.82) is 0 Å². The van der Waals surface area contributed by atoms with Crippen LogP contribution in [0.4, 0.5) is 5.69 Å². The van der Waals surface area contributed by atoms with Crippen molar-refractivity contribution in [3.05, 3.63) is 64.7 Å². The highest BCUT2D eigenvalue weighted by Gasteiger charge is 2.49. The summed E-state index contributed by atoms with van der Waals surface area (Å²) in [6, 6.07) is 14.2. The molecule has 26 heavy (non-hydrogen) atoms. The number of carbonyl (C=O) groups excluding carboxylic acids is 2. The van der Waals surface area contributed by atoms with Crippen LogP contribution < -0.4 is 5.32 Å². The lowest BCUT2D eigenvalue weighted by molar-refractivity contribution is -0.135. The van der Waals surface area contributed by atoms with Crippen LogP contribution in [-0.2, 0) is 22.6 Å². The zero-order chi connectivity index (χ0) is 18.3. The average Bonchev–Trinajstić information content (AvgIpc) is 3.45. The Hall–Kier alpha value is -2.62. The predicted molar refractivity (Wildman–Crippen MR) is 102 cm³/mol. The van der Waals surface area contributed by atoms with Crippen molar-refractivity contribution in [1.82, 2.24) is 4.90 Å². The van der Waals surface area contributed by atoms with Crippen molar-refractivity contribution >= 4 is 17.5 Å². The van der Waals surface area contributed by atoms with Gasteiger partial charge in [0.1, 0.15) is 0 Å². The average molecular weight is 348 g/mol. The highest BCUT2D eigenvalue weighted by Crippen LogP contribution is 2.41. The number of hydrogen-bond acceptors (Lipinski definition) is 2. The van der Waals surface area contributed by atoms with Gasteiger partial charge in [-0.05, 0) is 61.1 Å². The van der Waals surface area contributed by atoms with Gasteiger partial charge in [0.25, 0.3) is 0 Å². The Kier molecular flexibility index (Phi) is 4.27. The van der Waals surface area contributed by atoms with E-state index in [1.165, 1.54) is 16.7 Å². The van der Waals surface area contributed by atoms with E-state index in [9.17, 15) is 9.59 Å². The number of fused-ring (bicyclic) bond motifs is 1. The summed E-state index contributed by atoms with van der Waals surface area (Å²) in [5.74, 6) is -0.267. The van der Waals surface area contributed by atoms with Crippen LogP contribution in [0.1, 0.15) is 28.7 Å². The van der Waals surface area contributed by atoms with E-state index in [0.29, 0.717) is 13.0 Å². The zero-order valence-electron chi connectivity index (χ0n) is 15.3. The molecule has 0 radical (unpaired) electrons. The maximum absolute atomic E-state index is 12.8. The molecule has 1 fully saturated rings. The monoisotopic (exact) mass is 348 g/mol. The molecule has 4 heteroatoms.